The molecular formula is C16H14BrN3OS3. The number of carbonyl (C=O) groups excluding carboxylic acids is 1. The highest BCUT2D eigenvalue weighted by Gasteiger charge is 2.12. The summed E-state index contributed by atoms with van der Waals surface area (Å²) in [6.07, 6.45) is 0. The molecule has 2 aromatic heterocycles. The van der Waals surface area contributed by atoms with Crippen LogP contribution in [0.2, 0.25) is 0 Å². The molecule has 24 heavy (non-hydrogen) atoms. The van der Waals surface area contributed by atoms with E-state index in [2.05, 4.69) is 57.4 Å². The minimum absolute atomic E-state index is 0.106. The number of hydrogen-bond acceptors (Lipinski definition) is 7. The highest BCUT2D eigenvalue weighted by Crippen LogP contribution is 2.30. The Morgan fingerprint density at radius 2 is 2.00 bits per heavy atom. The Morgan fingerprint density at radius 1 is 1.17 bits per heavy atom. The second-order valence-corrected chi connectivity index (χ2v) is 9.78. The number of aryl methyl sites for hydroxylation is 2. The predicted octanol–water partition coefficient (Wildman–Crippen LogP) is 5.70. The fourth-order valence-corrected chi connectivity index (χ4v) is 4.99. The van der Waals surface area contributed by atoms with E-state index in [0.717, 1.165) is 23.8 Å². The van der Waals surface area contributed by atoms with Gasteiger partial charge in [0.25, 0.3) is 0 Å². The van der Waals surface area contributed by atoms with Crippen LogP contribution in [-0.2, 0) is 0 Å². The summed E-state index contributed by atoms with van der Waals surface area (Å²) in [6.45, 7) is 4.17. The van der Waals surface area contributed by atoms with Crippen LogP contribution in [0.5, 0.6) is 0 Å². The van der Waals surface area contributed by atoms with Gasteiger partial charge in [-0.3, -0.25) is 4.79 Å². The second kappa shape index (κ2) is 7.77. The molecule has 0 spiro atoms. The standard InChI is InChI=1S/C16H14BrN3OS3/c1-9-3-4-11(7-10(9)2)18-15-19-20-16(24-15)22-8-12(21)13-5-6-14(17)23-13/h3-7H,8H2,1-2H3,(H,18,19). The summed E-state index contributed by atoms with van der Waals surface area (Å²) in [5, 5.41) is 12.3. The molecule has 4 nitrogen and oxygen atoms in total. The lowest BCUT2D eigenvalue weighted by atomic mass is 10.1. The Hall–Kier alpha value is -1.22. The van der Waals surface area contributed by atoms with Crippen LogP contribution < -0.4 is 5.32 Å². The SMILES string of the molecule is Cc1ccc(Nc2nnc(SCC(=O)c3ccc(Br)s3)s2)cc1C. The van der Waals surface area contributed by atoms with Crippen molar-refractivity contribution in [3.05, 3.63) is 50.1 Å². The van der Waals surface area contributed by atoms with Crippen molar-refractivity contribution in [3.63, 3.8) is 0 Å². The first-order chi connectivity index (χ1) is 11.5. The quantitative estimate of drug-likeness (QED) is 0.394. The summed E-state index contributed by atoms with van der Waals surface area (Å²) in [7, 11) is 0. The molecule has 0 fully saturated rings. The van der Waals surface area contributed by atoms with Gasteiger partial charge in [-0.15, -0.1) is 21.5 Å². The molecule has 1 aromatic carbocycles. The van der Waals surface area contributed by atoms with Gasteiger partial charge in [0.2, 0.25) is 5.13 Å². The Labute approximate surface area is 160 Å². The maximum atomic E-state index is 12.1. The van der Waals surface area contributed by atoms with Crippen LogP contribution in [-0.4, -0.2) is 21.7 Å². The number of rotatable bonds is 6. The average molecular weight is 440 g/mol. The van der Waals surface area contributed by atoms with Crippen LogP contribution in [0.1, 0.15) is 20.8 Å². The van der Waals surface area contributed by atoms with E-state index >= 15 is 0 Å². The van der Waals surface area contributed by atoms with E-state index in [0.29, 0.717) is 5.75 Å². The van der Waals surface area contributed by atoms with Crippen LogP contribution >= 0.6 is 50.4 Å². The number of benzene rings is 1. The molecule has 0 amide bonds. The third kappa shape index (κ3) is 4.44. The molecule has 3 rings (SSSR count). The van der Waals surface area contributed by atoms with Gasteiger partial charge in [0.1, 0.15) is 0 Å². The van der Waals surface area contributed by atoms with Crippen molar-refractivity contribution in [1.29, 1.82) is 0 Å². The van der Waals surface area contributed by atoms with Gasteiger partial charge in [-0.2, -0.15) is 0 Å². The summed E-state index contributed by atoms with van der Waals surface area (Å²) >= 11 is 7.69. The summed E-state index contributed by atoms with van der Waals surface area (Å²) in [4.78, 5) is 12.9. The number of thiophene rings is 1. The lowest BCUT2D eigenvalue weighted by Crippen LogP contribution is -1.98. The lowest BCUT2D eigenvalue weighted by molar-refractivity contribution is 0.102. The first kappa shape index (κ1) is 17.6. The van der Waals surface area contributed by atoms with Crippen molar-refractivity contribution in [2.75, 3.05) is 11.1 Å². The molecule has 0 bridgehead atoms. The normalized spacial score (nSPS) is 10.8. The third-order valence-electron chi connectivity index (χ3n) is 3.34. The Bertz CT molecular complexity index is 875. The third-order valence-corrected chi connectivity index (χ3v) is 6.98. The Balaban J connectivity index is 1.59. The molecule has 3 aromatic rings. The van der Waals surface area contributed by atoms with Crippen LogP contribution in [0.25, 0.3) is 0 Å². The van der Waals surface area contributed by atoms with Gasteiger partial charge in [-0.25, -0.2) is 0 Å². The highest BCUT2D eigenvalue weighted by molar-refractivity contribution is 9.11. The zero-order valence-corrected chi connectivity index (χ0v) is 17.0. The van der Waals surface area contributed by atoms with E-state index in [-0.39, 0.29) is 5.78 Å². The van der Waals surface area contributed by atoms with Gasteiger partial charge in [0, 0.05) is 5.69 Å². The predicted molar refractivity (Wildman–Crippen MR) is 106 cm³/mol. The second-order valence-electron chi connectivity index (χ2n) is 5.11. The van der Waals surface area contributed by atoms with E-state index in [1.54, 1.807) is 0 Å². The van der Waals surface area contributed by atoms with E-state index in [1.165, 1.54) is 45.6 Å². The van der Waals surface area contributed by atoms with Crippen LogP contribution in [0.4, 0.5) is 10.8 Å². The molecule has 0 aliphatic carbocycles. The number of nitrogens with one attached hydrogen (secondary N) is 1. The van der Waals surface area contributed by atoms with Gasteiger partial charge >= 0.3 is 0 Å². The number of Topliss-reactive ketones (excluding diaryl/α,β-unsaturated/α-hetero) is 1. The Kier molecular flexibility index (Phi) is 5.70. The average Bonchev–Trinajstić information content (AvgIpc) is 3.18. The van der Waals surface area contributed by atoms with E-state index in [1.807, 2.05) is 18.2 Å². The number of aromatic nitrogens is 2. The number of anilines is 2. The molecule has 124 valence electrons. The Morgan fingerprint density at radius 3 is 2.71 bits per heavy atom. The van der Waals surface area contributed by atoms with Gasteiger partial charge in [-0.1, -0.05) is 29.2 Å². The molecule has 0 unspecified atom stereocenters. The first-order valence-corrected chi connectivity index (χ1v) is 10.5. The molecule has 0 saturated heterocycles. The lowest BCUT2D eigenvalue weighted by Gasteiger charge is -2.05. The van der Waals surface area contributed by atoms with E-state index < -0.39 is 0 Å². The van der Waals surface area contributed by atoms with Crippen LogP contribution in [0.15, 0.2) is 38.5 Å². The molecule has 0 saturated carbocycles. The summed E-state index contributed by atoms with van der Waals surface area (Å²) in [5.74, 6) is 0.472. The molecule has 2 heterocycles. The smallest absolute Gasteiger partial charge is 0.210 e. The number of carbonyl (C=O) groups is 1. The zero-order valence-electron chi connectivity index (χ0n) is 13.0. The van der Waals surface area contributed by atoms with Crippen LogP contribution in [0.3, 0.4) is 0 Å². The van der Waals surface area contributed by atoms with Crippen molar-refractivity contribution in [1.82, 2.24) is 10.2 Å². The van der Waals surface area contributed by atoms with Crippen LogP contribution in [0, 0.1) is 13.8 Å². The molecule has 8 heteroatoms. The summed E-state index contributed by atoms with van der Waals surface area (Å²) < 4.78 is 1.75. The van der Waals surface area contributed by atoms with Gasteiger partial charge < -0.3 is 5.32 Å². The first-order valence-electron chi connectivity index (χ1n) is 7.10. The molecule has 0 aliphatic rings. The summed E-state index contributed by atoms with van der Waals surface area (Å²) in [5.41, 5.74) is 3.48. The number of thioether (sulfide) groups is 1. The van der Waals surface area contributed by atoms with Crippen molar-refractivity contribution in [2.45, 2.75) is 18.2 Å². The number of nitrogens with zero attached hydrogens (tertiary/aromatic N) is 2. The summed E-state index contributed by atoms with van der Waals surface area (Å²) in [6, 6.07) is 9.91. The topological polar surface area (TPSA) is 54.9 Å². The maximum absolute atomic E-state index is 12.1. The number of halogens is 1. The molecular weight excluding hydrogens is 426 g/mol. The van der Waals surface area contributed by atoms with Crippen molar-refractivity contribution in [3.8, 4) is 0 Å². The van der Waals surface area contributed by atoms with Gasteiger partial charge in [-0.05, 0) is 65.2 Å². The largest absolute Gasteiger partial charge is 0.330 e. The molecule has 0 radical (unpaired) electrons. The van der Waals surface area contributed by atoms with Gasteiger partial charge in [0.05, 0.1) is 14.4 Å². The minimum Gasteiger partial charge on any atom is -0.330 e. The van der Waals surface area contributed by atoms with Crippen molar-refractivity contribution < 1.29 is 4.79 Å². The van der Waals surface area contributed by atoms with Gasteiger partial charge in [0.15, 0.2) is 10.1 Å². The van der Waals surface area contributed by atoms with Crippen molar-refractivity contribution in [2.24, 2.45) is 0 Å². The van der Waals surface area contributed by atoms with E-state index in [9.17, 15) is 4.79 Å². The number of hydrogen-bond donors (Lipinski definition) is 1. The fraction of sp³-hybridized carbons (Fsp3) is 0.188. The van der Waals surface area contributed by atoms with E-state index in [4.69, 9.17) is 0 Å². The minimum atomic E-state index is 0.106. The molecule has 0 aliphatic heterocycles. The zero-order chi connectivity index (χ0) is 17.1. The monoisotopic (exact) mass is 439 g/mol. The maximum Gasteiger partial charge on any atom is 0.210 e. The van der Waals surface area contributed by atoms with Crippen molar-refractivity contribution >= 4 is 67.0 Å². The molecule has 0 atom stereocenters. The fourth-order valence-electron chi connectivity index (χ4n) is 1.92. The number of ketones is 1. The molecule has 1 N–H and O–H groups in total. The highest BCUT2D eigenvalue weighted by atomic mass is 79.9.